The van der Waals surface area contributed by atoms with Gasteiger partial charge in [-0.3, -0.25) is 19.3 Å². The number of rotatable bonds is 5. The van der Waals surface area contributed by atoms with E-state index < -0.39 is 17.1 Å². The zero-order chi connectivity index (χ0) is 18.7. The van der Waals surface area contributed by atoms with Gasteiger partial charge in [0.1, 0.15) is 6.54 Å². The largest absolute Gasteiger partial charge is 0.465 e. The van der Waals surface area contributed by atoms with Gasteiger partial charge in [0.25, 0.3) is 11.1 Å². The predicted molar refractivity (Wildman–Crippen MR) is 102 cm³/mol. The fraction of sp³-hybridized carbons (Fsp3) is 0.421. The zero-order valence-corrected chi connectivity index (χ0v) is 15.8. The summed E-state index contributed by atoms with van der Waals surface area (Å²) in [4.78, 5) is 39.7. The number of benzene rings is 1. The molecule has 0 saturated carbocycles. The first-order valence-corrected chi connectivity index (χ1v) is 9.58. The fourth-order valence-electron chi connectivity index (χ4n) is 3.11. The van der Waals surface area contributed by atoms with Crippen LogP contribution in [0.25, 0.3) is 6.08 Å². The Morgan fingerprint density at radius 1 is 1.27 bits per heavy atom. The van der Waals surface area contributed by atoms with Gasteiger partial charge in [-0.1, -0.05) is 6.07 Å². The summed E-state index contributed by atoms with van der Waals surface area (Å²) in [5.74, 6) is -1.03. The van der Waals surface area contributed by atoms with Crippen LogP contribution in [0.1, 0.15) is 30.9 Å². The Balaban J connectivity index is 1.76. The van der Waals surface area contributed by atoms with Crippen LogP contribution in [0.4, 0.5) is 10.5 Å². The van der Waals surface area contributed by atoms with E-state index in [0.29, 0.717) is 4.91 Å². The van der Waals surface area contributed by atoms with Gasteiger partial charge in [0.15, 0.2) is 0 Å². The molecule has 0 spiro atoms. The number of carbonyl (C=O) groups is 3. The van der Waals surface area contributed by atoms with Crippen molar-refractivity contribution in [3.8, 4) is 0 Å². The minimum absolute atomic E-state index is 0.216. The first-order valence-electron chi connectivity index (χ1n) is 8.76. The van der Waals surface area contributed by atoms with E-state index in [0.717, 1.165) is 40.9 Å². The number of anilines is 1. The molecule has 0 aliphatic carbocycles. The third-order valence-corrected chi connectivity index (χ3v) is 5.38. The SMILES string of the molecule is CCOC(=O)CN1C(=O)SC(=Cc2ccc(N3CCCC3)cc2C)C1=O. The molecule has 0 radical (unpaired) electrons. The molecule has 0 bridgehead atoms. The second kappa shape index (κ2) is 7.95. The van der Waals surface area contributed by atoms with E-state index in [-0.39, 0.29) is 13.2 Å². The normalized spacial score (nSPS) is 18.9. The van der Waals surface area contributed by atoms with Crippen LogP contribution in [0.2, 0.25) is 0 Å². The number of aryl methyl sites for hydroxylation is 1. The molecule has 2 saturated heterocycles. The molecule has 7 heteroatoms. The highest BCUT2D eigenvalue weighted by molar-refractivity contribution is 8.18. The zero-order valence-electron chi connectivity index (χ0n) is 15.0. The maximum atomic E-state index is 12.4. The molecular weight excluding hydrogens is 352 g/mol. The highest BCUT2D eigenvalue weighted by Gasteiger charge is 2.36. The molecule has 0 aromatic heterocycles. The summed E-state index contributed by atoms with van der Waals surface area (Å²) in [6.45, 7) is 5.70. The second-order valence-electron chi connectivity index (χ2n) is 6.31. The van der Waals surface area contributed by atoms with Crippen LogP contribution < -0.4 is 4.90 Å². The molecule has 2 aliphatic heterocycles. The van der Waals surface area contributed by atoms with Crippen molar-refractivity contribution in [2.24, 2.45) is 0 Å². The maximum Gasteiger partial charge on any atom is 0.326 e. The number of thioether (sulfide) groups is 1. The Morgan fingerprint density at radius 2 is 2.00 bits per heavy atom. The van der Waals surface area contributed by atoms with Crippen molar-refractivity contribution in [1.29, 1.82) is 0 Å². The van der Waals surface area contributed by atoms with Crippen molar-refractivity contribution >= 4 is 40.6 Å². The van der Waals surface area contributed by atoms with Crippen molar-refractivity contribution in [2.45, 2.75) is 26.7 Å². The highest BCUT2D eigenvalue weighted by atomic mass is 32.2. The van der Waals surface area contributed by atoms with E-state index in [1.54, 1.807) is 13.0 Å². The van der Waals surface area contributed by atoms with Crippen LogP contribution in [0, 0.1) is 6.92 Å². The van der Waals surface area contributed by atoms with Crippen molar-refractivity contribution in [3.05, 3.63) is 34.2 Å². The Labute approximate surface area is 157 Å². The molecule has 2 heterocycles. The van der Waals surface area contributed by atoms with Gasteiger partial charge in [-0.05, 0) is 67.8 Å². The molecule has 1 aromatic carbocycles. The third-order valence-electron chi connectivity index (χ3n) is 4.48. The summed E-state index contributed by atoms with van der Waals surface area (Å²) >= 11 is 0.855. The van der Waals surface area contributed by atoms with Crippen molar-refractivity contribution in [2.75, 3.05) is 31.1 Å². The number of carbonyl (C=O) groups excluding carboxylic acids is 3. The highest BCUT2D eigenvalue weighted by Crippen LogP contribution is 2.33. The summed E-state index contributed by atoms with van der Waals surface area (Å²) in [5, 5.41) is -0.444. The Kier molecular flexibility index (Phi) is 5.66. The summed E-state index contributed by atoms with van der Waals surface area (Å²) in [7, 11) is 0. The summed E-state index contributed by atoms with van der Waals surface area (Å²) in [6.07, 6.45) is 4.15. The van der Waals surface area contributed by atoms with E-state index in [1.807, 2.05) is 19.1 Å². The van der Waals surface area contributed by atoms with E-state index in [9.17, 15) is 14.4 Å². The molecule has 0 N–H and O–H groups in total. The van der Waals surface area contributed by atoms with Crippen molar-refractivity contribution in [3.63, 3.8) is 0 Å². The summed E-state index contributed by atoms with van der Waals surface area (Å²) < 4.78 is 4.82. The molecule has 0 atom stereocenters. The number of hydrogen-bond donors (Lipinski definition) is 0. The van der Waals surface area contributed by atoms with Crippen molar-refractivity contribution in [1.82, 2.24) is 4.90 Å². The summed E-state index contributed by atoms with van der Waals surface area (Å²) in [5.41, 5.74) is 3.13. The Morgan fingerprint density at radius 3 is 2.65 bits per heavy atom. The quantitative estimate of drug-likeness (QED) is 0.582. The lowest BCUT2D eigenvalue weighted by Gasteiger charge is -2.18. The lowest BCUT2D eigenvalue weighted by atomic mass is 10.1. The molecule has 26 heavy (non-hydrogen) atoms. The molecule has 2 aliphatic rings. The second-order valence-corrected chi connectivity index (χ2v) is 7.30. The lowest BCUT2D eigenvalue weighted by Crippen LogP contribution is -2.34. The average molecular weight is 374 g/mol. The van der Waals surface area contributed by atoms with Gasteiger partial charge in [-0.25, -0.2) is 0 Å². The van der Waals surface area contributed by atoms with E-state index in [4.69, 9.17) is 4.74 Å². The molecule has 3 rings (SSSR count). The van der Waals surface area contributed by atoms with E-state index in [2.05, 4.69) is 11.0 Å². The number of esters is 1. The molecule has 138 valence electrons. The predicted octanol–water partition coefficient (Wildman–Crippen LogP) is 3.19. The smallest absolute Gasteiger partial charge is 0.326 e. The minimum atomic E-state index is -0.581. The number of imide groups is 1. The third kappa shape index (κ3) is 3.93. The fourth-order valence-corrected chi connectivity index (χ4v) is 3.94. The Bertz CT molecular complexity index is 769. The molecule has 1 aromatic rings. The lowest BCUT2D eigenvalue weighted by molar-refractivity contribution is -0.145. The molecule has 2 fully saturated rings. The van der Waals surface area contributed by atoms with Gasteiger partial charge in [-0.2, -0.15) is 0 Å². The van der Waals surface area contributed by atoms with Gasteiger partial charge in [-0.15, -0.1) is 0 Å². The van der Waals surface area contributed by atoms with Crippen LogP contribution in [-0.2, 0) is 14.3 Å². The van der Waals surface area contributed by atoms with Crippen LogP contribution in [0.3, 0.4) is 0 Å². The first kappa shape index (κ1) is 18.5. The standard InChI is InChI=1S/C19H22N2O4S/c1-3-25-17(22)12-21-18(23)16(26-19(21)24)11-14-6-7-15(10-13(14)2)20-8-4-5-9-20/h6-7,10-11H,3-5,8-9,12H2,1-2H3. The van der Waals surface area contributed by atoms with Crippen molar-refractivity contribution < 1.29 is 19.1 Å². The van der Waals surface area contributed by atoms with Gasteiger partial charge in [0.2, 0.25) is 0 Å². The van der Waals surface area contributed by atoms with Gasteiger partial charge in [0.05, 0.1) is 11.5 Å². The minimum Gasteiger partial charge on any atom is -0.465 e. The van der Waals surface area contributed by atoms with Gasteiger partial charge in [0, 0.05) is 18.8 Å². The Hall–Kier alpha value is -2.28. The molecule has 6 nitrogen and oxygen atoms in total. The van der Waals surface area contributed by atoms with Gasteiger partial charge >= 0.3 is 5.97 Å². The van der Waals surface area contributed by atoms with Crippen LogP contribution >= 0.6 is 11.8 Å². The maximum absolute atomic E-state index is 12.4. The number of ether oxygens (including phenoxy) is 1. The first-order chi connectivity index (χ1) is 12.5. The molecular formula is C19H22N2O4S. The molecule has 2 amide bonds. The van der Waals surface area contributed by atoms with Crippen LogP contribution in [-0.4, -0.2) is 48.3 Å². The van der Waals surface area contributed by atoms with Gasteiger partial charge < -0.3 is 9.64 Å². The monoisotopic (exact) mass is 374 g/mol. The van der Waals surface area contributed by atoms with E-state index >= 15 is 0 Å². The average Bonchev–Trinajstić information content (AvgIpc) is 3.22. The number of amides is 2. The van der Waals surface area contributed by atoms with E-state index in [1.165, 1.54) is 18.5 Å². The topological polar surface area (TPSA) is 66.9 Å². The van der Waals surface area contributed by atoms with Crippen LogP contribution in [0.15, 0.2) is 23.1 Å². The number of nitrogens with zero attached hydrogens (tertiary/aromatic N) is 2. The number of hydrogen-bond acceptors (Lipinski definition) is 6. The molecule has 0 unspecified atom stereocenters. The summed E-state index contributed by atoms with van der Waals surface area (Å²) in [6, 6.07) is 6.13. The van der Waals surface area contributed by atoms with Crippen LogP contribution in [0.5, 0.6) is 0 Å².